The molecule has 2 N–H and O–H groups in total. The molecule has 1 saturated heterocycles. The van der Waals surface area contributed by atoms with Gasteiger partial charge in [0.15, 0.2) is 0 Å². The Bertz CT molecular complexity index is 1220. The van der Waals surface area contributed by atoms with Crippen molar-refractivity contribution in [3.63, 3.8) is 0 Å². The number of halogens is 1. The summed E-state index contributed by atoms with van der Waals surface area (Å²) in [6, 6.07) is 14.1. The van der Waals surface area contributed by atoms with Crippen LogP contribution in [-0.4, -0.2) is 39.1 Å². The number of aromatic nitrogens is 1. The van der Waals surface area contributed by atoms with E-state index in [9.17, 15) is 19.4 Å². The molecule has 1 amide bonds. The standard InChI is InChI=1S/C27H27FN2O3/c1-16-26(32)9-8-25(29-16)27(33)30-11-10-19(14-30)22-6-4-18(12-20(22)15-31)23-7-5-21(28)13-24(23)17-2-3-17/h4-9,12-13,17,19,31-32H,2-3,10-11,14-15H2,1H3. The Morgan fingerprint density at radius 3 is 2.61 bits per heavy atom. The van der Waals surface area contributed by atoms with Gasteiger partial charge in [-0.15, -0.1) is 0 Å². The zero-order valence-electron chi connectivity index (χ0n) is 18.6. The van der Waals surface area contributed by atoms with E-state index in [0.29, 0.717) is 30.4 Å². The van der Waals surface area contributed by atoms with Crippen molar-refractivity contribution in [2.45, 2.75) is 44.6 Å². The predicted molar refractivity (Wildman–Crippen MR) is 124 cm³/mol. The van der Waals surface area contributed by atoms with Crippen LogP contribution in [-0.2, 0) is 6.61 Å². The highest BCUT2D eigenvalue weighted by Gasteiger charge is 2.31. The van der Waals surface area contributed by atoms with Crippen LogP contribution in [0.1, 0.15) is 64.0 Å². The van der Waals surface area contributed by atoms with E-state index >= 15 is 0 Å². The van der Waals surface area contributed by atoms with Crippen molar-refractivity contribution in [1.82, 2.24) is 9.88 Å². The Labute approximate surface area is 192 Å². The maximum atomic E-state index is 13.8. The first kappa shape index (κ1) is 21.6. The lowest BCUT2D eigenvalue weighted by molar-refractivity contribution is 0.0784. The fourth-order valence-electron chi connectivity index (χ4n) is 4.87. The van der Waals surface area contributed by atoms with E-state index in [-0.39, 0.29) is 30.0 Å². The van der Waals surface area contributed by atoms with Crippen LogP contribution in [0.2, 0.25) is 0 Å². The van der Waals surface area contributed by atoms with Gasteiger partial charge in [-0.05, 0) is 90.3 Å². The van der Waals surface area contributed by atoms with Crippen LogP contribution in [0.25, 0.3) is 11.1 Å². The number of aryl methyl sites for hydroxylation is 1. The lowest BCUT2D eigenvalue weighted by atomic mass is 9.89. The predicted octanol–water partition coefficient (Wildman–Crippen LogP) is 4.90. The minimum absolute atomic E-state index is 0.0736. The van der Waals surface area contributed by atoms with E-state index < -0.39 is 0 Å². The van der Waals surface area contributed by atoms with Gasteiger partial charge in [-0.25, -0.2) is 9.37 Å². The lowest BCUT2D eigenvalue weighted by Gasteiger charge is -2.19. The van der Waals surface area contributed by atoms with E-state index in [2.05, 4.69) is 4.98 Å². The second-order valence-electron chi connectivity index (χ2n) is 9.12. The first-order valence-electron chi connectivity index (χ1n) is 11.4. The van der Waals surface area contributed by atoms with Gasteiger partial charge >= 0.3 is 0 Å². The second-order valence-corrected chi connectivity index (χ2v) is 9.12. The van der Waals surface area contributed by atoms with Gasteiger partial charge < -0.3 is 15.1 Å². The Morgan fingerprint density at radius 1 is 1.06 bits per heavy atom. The van der Waals surface area contributed by atoms with Crippen LogP contribution in [0, 0.1) is 12.7 Å². The molecule has 1 unspecified atom stereocenters. The minimum atomic E-state index is -0.214. The number of pyridine rings is 1. The first-order chi connectivity index (χ1) is 15.9. The number of nitrogens with zero attached hydrogens (tertiary/aromatic N) is 2. The monoisotopic (exact) mass is 446 g/mol. The van der Waals surface area contributed by atoms with Crippen molar-refractivity contribution in [1.29, 1.82) is 0 Å². The highest BCUT2D eigenvalue weighted by atomic mass is 19.1. The number of aromatic hydroxyl groups is 1. The van der Waals surface area contributed by atoms with Crippen LogP contribution >= 0.6 is 0 Å². The third kappa shape index (κ3) is 4.23. The molecule has 2 aliphatic rings. The van der Waals surface area contributed by atoms with Crippen molar-refractivity contribution in [3.05, 3.63) is 82.4 Å². The number of amides is 1. The largest absolute Gasteiger partial charge is 0.506 e. The van der Waals surface area contributed by atoms with E-state index in [4.69, 9.17) is 0 Å². The average molecular weight is 447 g/mol. The summed E-state index contributed by atoms with van der Waals surface area (Å²) in [6.07, 6.45) is 2.98. The smallest absolute Gasteiger partial charge is 0.272 e. The minimum Gasteiger partial charge on any atom is -0.506 e. The summed E-state index contributed by atoms with van der Waals surface area (Å²) >= 11 is 0. The quantitative estimate of drug-likeness (QED) is 0.585. The highest BCUT2D eigenvalue weighted by Crippen LogP contribution is 2.45. The number of carbonyl (C=O) groups excluding carboxylic acids is 1. The normalized spacial score (nSPS) is 18.0. The molecule has 1 atom stereocenters. The van der Waals surface area contributed by atoms with Crippen molar-refractivity contribution < 1.29 is 19.4 Å². The number of benzene rings is 2. The molecule has 1 saturated carbocycles. The van der Waals surface area contributed by atoms with Crippen LogP contribution in [0.15, 0.2) is 48.5 Å². The van der Waals surface area contributed by atoms with Gasteiger partial charge in [-0.3, -0.25) is 4.79 Å². The topological polar surface area (TPSA) is 73.7 Å². The molecule has 2 fully saturated rings. The van der Waals surface area contributed by atoms with Gasteiger partial charge in [0, 0.05) is 19.0 Å². The third-order valence-electron chi connectivity index (χ3n) is 6.85. The van der Waals surface area contributed by atoms with Gasteiger partial charge in [0.2, 0.25) is 0 Å². The molecule has 0 bridgehead atoms. The zero-order valence-corrected chi connectivity index (χ0v) is 18.6. The van der Waals surface area contributed by atoms with Crippen molar-refractivity contribution in [2.75, 3.05) is 13.1 Å². The van der Waals surface area contributed by atoms with Crippen molar-refractivity contribution >= 4 is 5.91 Å². The van der Waals surface area contributed by atoms with Crippen LogP contribution in [0.4, 0.5) is 4.39 Å². The molecule has 0 radical (unpaired) electrons. The maximum Gasteiger partial charge on any atom is 0.272 e. The Morgan fingerprint density at radius 2 is 1.88 bits per heavy atom. The Balaban J connectivity index is 1.38. The molecular weight excluding hydrogens is 419 g/mol. The van der Waals surface area contributed by atoms with Crippen molar-refractivity contribution in [3.8, 4) is 16.9 Å². The summed E-state index contributed by atoms with van der Waals surface area (Å²) in [4.78, 5) is 18.9. The number of hydrogen-bond acceptors (Lipinski definition) is 4. The average Bonchev–Trinajstić information content (AvgIpc) is 3.56. The molecule has 1 aliphatic carbocycles. The summed E-state index contributed by atoms with van der Waals surface area (Å²) in [5.74, 6) is 0.250. The van der Waals surface area contributed by atoms with E-state index in [1.165, 1.54) is 12.1 Å². The van der Waals surface area contributed by atoms with Gasteiger partial charge in [0.25, 0.3) is 5.91 Å². The van der Waals surface area contributed by atoms with Gasteiger partial charge in [-0.1, -0.05) is 18.2 Å². The Kier molecular flexibility index (Phi) is 5.62. The van der Waals surface area contributed by atoms with Crippen LogP contribution < -0.4 is 0 Å². The number of likely N-dealkylation sites (tertiary alicyclic amines) is 1. The number of aliphatic hydroxyl groups is 1. The summed E-state index contributed by atoms with van der Waals surface area (Å²) in [5.41, 5.74) is 5.70. The van der Waals surface area contributed by atoms with Gasteiger partial charge in [0.05, 0.1) is 12.3 Å². The van der Waals surface area contributed by atoms with Crippen LogP contribution in [0.5, 0.6) is 5.75 Å². The summed E-state index contributed by atoms with van der Waals surface area (Å²) < 4.78 is 13.8. The SMILES string of the molecule is Cc1nc(C(=O)N2CCC(c3ccc(-c4ccc(F)cc4C4CC4)cc3CO)C2)ccc1O. The molecule has 5 nitrogen and oxygen atoms in total. The lowest BCUT2D eigenvalue weighted by Crippen LogP contribution is -2.29. The molecule has 6 heteroatoms. The fourth-order valence-corrected chi connectivity index (χ4v) is 4.87. The second kappa shape index (κ2) is 8.60. The summed E-state index contributed by atoms with van der Waals surface area (Å²) in [7, 11) is 0. The number of hydrogen-bond donors (Lipinski definition) is 2. The third-order valence-corrected chi connectivity index (χ3v) is 6.85. The maximum absolute atomic E-state index is 13.8. The molecule has 3 aromatic rings. The summed E-state index contributed by atoms with van der Waals surface area (Å²) in [6.45, 7) is 2.74. The molecular formula is C27H27FN2O3. The molecule has 170 valence electrons. The Hall–Kier alpha value is -3.25. The zero-order chi connectivity index (χ0) is 23.1. The van der Waals surface area contributed by atoms with Gasteiger partial charge in [0.1, 0.15) is 17.3 Å². The molecule has 1 aliphatic heterocycles. The number of rotatable bonds is 5. The molecule has 2 aromatic carbocycles. The number of carbonyl (C=O) groups is 1. The van der Waals surface area contributed by atoms with Crippen molar-refractivity contribution in [2.24, 2.45) is 0 Å². The molecule has 1 aromatic heterocycles. The molecule has 0 spiro atoms. The first-order valence-corrected chi connectivity index (χ1v) is 11.4. The fraction of sp³-hybridized carbons (Fsp3) is 0.333. The van der Waals surface area contributed by atoms with E-state index in [0.717, 1.165) is 47.1 Å². The molecule has 5 rings (SSSR count). The van der Waals surface area contributed by atoms with E-state index in [1.54, 1.807) is 24.0 Å². The molecule has 33 heavy (non-hydrogen) atoms. The highest BCUT2D eigenvalue weighted by molar-refractivity contribution is 5.92. The van der Waals surface area contributed by atoms with Gasteiger partial charge in [-0.2, -0.15) is 0 Å². The molecule has 2 heterocycles. The van der Waals surface area contributed by atoms with E-state index in [1.807, 2.05) is 24.3 Å². The summed E-state index contributed by atoms with van der Waals surface area (Å²) in [5, 5.41) is 19.8. The number of aliphatic hydroxyl groups excluding tert-OH is 1. The van der Waals surface area contributed by atoms with Crippen LogP contribution in [0.3, 0.4) is 0 Å².